The molecule has 3 rings (SSSR count). The van der Waals surface area contributed by atoms with Crippen molar-refractivity contribution in [1.29, 1.82) is 0 Å². The third-order valence-corrected chi connectivity index (χ3v) is 6.59. The van der Waals surface area contributed by atoms with Gasteiger partial charge in [0.25, 0.3) is 10.0 Å². The van der Waals surface area contributed by atoms with E-state index < -0.39 is 26.7 Å². The van der Waals surface area contributed by atoms with E-state index in [4.69, 9.17) is 0 Å². The summed E-state index contributed by atoms with van der Waals surface area (Å²) in [6.45, 7) is 1.99. The fourth-order valence-corrected chi connectivity index (χ4v) is 5.48. The Kier molecular flexibility index (Phi) is 4.97. The van der Waals surface area contributed by atoms with Crippen molar-refractivity contribution in [1.82, 2.24) is 0 Å². The highest BCUT2D eigenvalue weighted by atomic mass is 32.2. The second kappa shape index (κ2) is 7.05. The first-order valence-corrected chi connectivity index (χ1v) is 10.1. The summed E-state index contributed by atoms with van der Waals surface area (Å²) in [5.74, 6) is -1.54. The summed E-state index contributed by atoms with van der Waals surface area (Å²) in [4.78, 5) is 11.5. The van der Waals surface area contributed by atoms with Gasteiger partial charge in [-0.25, -0.2) is 17.6 Å². The molecule has 0 bridgehead atoms. The molecule has 26 heavy (non-hydrogen) atoms. The van der Waals surface area contributed by atoms with Gasteiger partial charge in [-0.2, -0.15) is 0 Å². The van der Waals surface area contributed by atoms with Crippen LogP contribution in [-0.2, 0) is 21.2 Å². The van der Waals surface area contributed by atoms with E-state index >= 15 is 0 Å². The molecule has 0 unspecified atom stereocenters. The number of carbonyl (C=O) groups is 1. The summed E-state index contributed by atoms with van der Waals surface area (Å²) in [5.41, 5.74) is 1.38. The molecular formula is C18H16FNO4S2. The van der Waals surface area contributed by atoms with E-state index in [2.05, 4.69) is 9.46 Å². The molecule has 0 aliphatic heterocycles. The quantitative estimate of drug-likeness (QED) is 0.660. The van der Waals surface area contributed by atoms with Crippen LogP contribution in [0.3, 0.4) is 0 Å². The number of benzene rings is 2. The number of carbonyl (C=O) groups excluding carboxylic acids is 1. The second-order valence-corrected chi connectivity index (χ2v) is 8.19. The van der Waals surface area contributed by atoms with Crippen LogP contribution in [0.1, 0.15) is 22.2 Å². The van der Waals surface area contributed by atoms with Crippen molar-refractivity contribution in [3.8, 4) is 0 Å². The van der Waals surface area contributed by atoms with E-state index in [1.165, 1.54) is 6.07 Å². The van der Waals surface area contributed by atoms with Crippen LogP contribution in [-0.4, -0.2) is 21.5 Å². The maximum absolute atomic E-state index is 14.4. The lowest BCUT2D eigenvalue weighted by molar-refractivity contribution is 0.0602. The topological polar surface area (TPSA) is 72.5 Å². The van der Waals surface area contributed by atoms with E-state index in [0.29, 0.717) is 10.4 Å². The lowest BCUT2D eigenvalue weighted by Gasteiger charge is -2.10. The number of halogens is 1. The first-order valence-electron chi connectivity index (χ1n) is 7.78. The number of ether oxygens (including phenoxy) is 1. The molecule has 1 N–H and O–H groups in total. The van der Waals surface area contributed by atoms with Crippen LogP contribution in [0.4, 0.5) is 10.1 Å². The number of methoxy groups -OCH3 is 1. The molecule has 1 aromatic heterocycles. The summed E-state index contributed by atoms with van der Waals surface area (Å²) in [6.07, 6.45) is 0.819. The molecule has 0 aliphatic rings. The number of aryl methyl sites for hydroxylation is 1. The van der Waals surface area contributed by atoms with Gasteiger partial charge in [-0.15, -0.1) is 11.3 Å². The Hall–Kier alpha value is -2.45. The molecule has 0 saturated heterocycles. The monoisotopic (exact) mass is 393 g/mol. The molecule has 8 heteroatoms. The van der Waals surface area contributed by atoms with Crippen LogP contribution < -0.4 is 4.72 Å². The molecule has 0 saturated carbocycles. The highest BCUT2D eigenvalue weighted by Crippen LogP contribution is 2.37. The fourth-order valence-electron chi connectivity index (χ4n) is 2.58. The van der Waals surface area contributed by atoms with Gasteiger partial charge in [0, 0.05) is 15.8 Å². The molecule has 0 spiro atoms. The summed E-state index contributed by atoms with van der Waals surface area (Å²) in [5, 5.41) is -0.115. The minimum atomic E-state index is -4.20. The lowest BCUT2D eigenvalue weighted by Crippen LogP contribution is -2.16. The summed E-state index contributed by atoms with van der Waals surface area (Å²) in [7, 11) is -3.06. The Morgan fingerprint density at radius 1 is 1.19 bits per heavy atom. The van der Waals surface area contributed by atoms with Gasteiger partial charge in [-0.3, -0.25) is 4.72 Å². The van der Waals surface area contributed by atoms with Gasteiger partial charge < -0.3 is 4.74 Å². The minimum Gasteiger partial charge on any atom is -0.465 e. The van der Waals surface area contributed by atoms with Crippen molar-refractivity contribution in [3.05, 3.63) is 58.7 Å². The van der Waals surface area contributed by atoms with Crippen molar-refractivity contribution in [3.63, 3.8) is 0 Å². The van der Waals surface area contributed by atoms with Gasteiger partial charge in [-0.1, -0.05) is 25.1 Å². The Morgan fingerprint density at radius 2 is 1.88 bits per heavy atom. The van der Waals surface area contributed by atoms with Gasteiger partial charge in [-0.05, 0) is 36.2 Å². The van der Waals surface area contributed by atoms with Crippen LogP contribution >= 0.6 is 11.3 Å². The molecule has 0 fully saturated rings. The van der Waals surface area contributed by atoms with Crippen molar-refractivity contribution < 1.29 is 22.3 Å². The zero-order valence-electron chi connectivity index (χ0n) is 14.1. The molecule has 2 aromatic carbocycles. The van der Waals surface area contributed by atoms with Crippen molar-refractivity contribution in [2.24, 2.45) is 0 Å². The van der Waals surface area contributed by atoms with Gasteiger partial charge in [0.2, 0.25) is 0 Å². The smallest absolute Gasteiger partial charge is 0.349 e. The highest BCUT2D eigenvalue weighted by Gasteiger charge is 2.30. The van der Waals surface area contributed by atoms with E-state index in [-0.39, 0.29) is 10.3 Å². The van der Waals surface area contributed by atoms with Crippen LogP contribution in [0.25, 0.3) is 10.1 Å². The van der Waals surface area contributed by atoms with Gasteiger partial charge in [0.15, 0.2) is 0 Å². The van der Waals surface area contributed by atoms with Crippen LogP contribution in [0.2, 0.25) is 0 Å². The Labute approximate surface area is 154 Å². The fraction of sp³-hybridized carbons (Fsp3) is 0.167. The van der Waals surface area contributed by atoms with E-state index in [1.807, 2.05) is 6.92 Å². The van der Waals surface area contributed by atoms with Crippen LogP contribution in [0.5, 0.6) is 0 Å². The third-order valence-electron chi connectivity index (χ3n) is 3.87. The summed E-state index contributed by atoms with van der Waals surface area (Å²) >= 11 is 0.881. The Morgan fingerprint density at radius 3 is 2.50 bits per heavy atom. The zero-order valence-corrected chi connectivity index (χ0v) is 15.7. The predicted molar refractivity (Wildman–Crippen MR) is 99.8 cm³/mol. The normalized spacial score (nSPS) is 11.5. The Balaban J connectivity index is 2.16. The SMILES string of the molecule is CCc1ccc(NS(=O)(=O)c2c(C(=O)OC)sc3cccc(F)c23)cc1. The van der Waals surface area contributed by atoms with Crippen LogP contribution in [0.15, 0.2) is 47.4 Å². The average molecular weight is 393 g/mol. The van der Waals surface area contributed by atoms with Gasteiger partial charge in [0.1, 0.15) is 15.6 Å². The number of hydrogen-bond acceptors (Lipinski definition) is 5. The van der Waals surface area contributed by atoms with Gasteiger partial charge >= 0.3 is 5.97 Å². The maximum atomic E-state index is 14.4. The first kappa shape index (κ1) is 18.3. The maximum Gasteiger partial charge on any atom is 0.349 e. The summed E-state index contributed by atoms with van der Waals surface area (Å²) < 4.78 is 47.7. The largest absolute Gasteiger partial charge is 0.465 e. The average Bonchev–Trinajstić information content (AvgIpc) is 3.03. The number of nitrogens with one attached hydrogen (secondary N) is 1. The summed E-state index contributed by atoms with van der Waals surface area (Å²) in [6, 6.07) is 11.0. The number of thiophene rings is 1. The Bertz CT molecular complexity index is 1070. The standard InChI is InChI=1S/C18H16FNO4S2/c1-3-11-7-9-12(10-8-11)20-26(22,23)17-15-13(19)5-4-6-14(15)25-16(17)18(21)24-2/h4-10,20H,3H2,1-2H3. The van der Waals surface area contributed by atoms with E-state index in [0.717, 1.165) is 36.5 Å². The predicted octanol–water partition coefficient (Wildman–Crippen LogP) is 4.19. The minimum absolute atomic E-state index is 0.115. The highest BCUT2D eigenvalue weighted by molar-refractivity contribution is 7.93. The van der Waals surface area contributed by atoms with Crippen molar-refractivity contribution >= 4 is 43.1 Å². The molecule has 0 amide bonds. The number of sulfonamides is 1. The number of fused-ring (bicyclic) bond motifs is 1. The third kappa shape index (κ3) is 3.30. The van der Waals surface area contributed by atoms with E-state index in [9.17, 15) is 17.6 Å². The lowest BCUT2D eigenvalue weighted by atomic mass is 10.2. The number of anilines is 1. The zero-order chi connectivity index (χ0) is 18.9. The number of esters is 1. The second-order valence-electron chi connectivity index (χ2n) is 5.52. The molecule has 136 valence electrons. The number of hydrogen-bond donors (Lipinski definition) is 1. The van der Waals surface area contributed by atoms with Crippen LogP contribution in [0, 0.1) is 5.82 Å². The molecule has 0 atom stereocenters. The first-order chi connectivity index (χ1) is 12.4. The van der Waals surface area contributed by atoms with Gasteiger partial charge in [0.05, 0.1) is 7.11 Å². The van der Waals surface area contributed by atoms with Crippen molar-refractivity contribution in [2.45, 2.75) is 18.2 Å². The molecular weight excluding hydrogens is 377 g/mol. The van der Waals surface area contributed by atoms with Crippen molar-refractivity contribution in [2.75, 3.05) is 11.8 Å². The molecule has 5 nitrogen and oxygen atoms in total. The molecule has 0 aliphatic carbocycles. The van der Waals surface area contributed by atoms with E-state index in [1.54, 1.807) is 30.3 Å². The number of rotatable bonds is 5. The molecule has 1 heterocycles. The molecule has 3 aromatic rings. The molecule has 0 radical (unpaired) electrons.